The Morgan fingerprint density at radius 3 is 2.94 bits per heavy atom. The van der Waals surface area contributed by atoms with Crippen LogP contribution in [-0.2, 0) is 6.42 Å². The van der Waals surface area contributed by atoms with Crippen LogP contribution >= 0.6 is 11.3 Å². The van der Waals surface area contributed by atoms with Crippen molar-refractivity contribution in [3.05, 3.63) is 16.1 Å². The van der Waals surface area contributed by atoms with E-state index in [0.717, 1.165) is 43.1 Å². The first kappa shape index (κ1) is 11.4. The Labute approximate surface area is 99.7 Å². The summed E-state index contributed by atoms with van der Waals surface area (Å²) < 4.78 is 0. The van der Waals surface area contributed by atoms with E-state index < -0.39 is 0 Å². The van der Waals surface area contributed by atoms with Crippen molar-refractivity contribution in [1.29, 1.82) is 0 Å². The molecular formula is C11H17N3OS. The summed E-state index contributed by atoms with van der Waals surface area (Å²) in [6.45, 7) is 4.48. The predicted octanol–water partition coefficient (Wildman–Crippen LogP) is 1.80. The molecule has 0 bridgehead atoms. The van der Waals surface area contributed by atoms with Crippen LogP contribution in [0.1, 0.15) is 23.5 Å². The maximum atomic E-state index is 11.6. The van der Waals surface area contributed by atoms with E-state index >= 15 is 0 Å². The number of carbonyl (C=O) groups excluding carboxylic acids is 1. The van der Waals surface area contributed by atoms with E-state index in [-0.39, 0.29) is 6.03 Å². The minimum atomic E-state index is 0.0748. The Kier molecular flexibility index (Phi) is 3.77. The Hall–Kier alpha value is -1.10. The van der Waals surface area contributed by atoms with E-state index in [2.05, 4.69) is 10.3 Å². The van der Waals surface area contributed by atoms with E-state index in [9.17, 15) is 4.79 Å². The van der Waals surface area contributed by atoms with Crippen molar-refractivity contribution in [2.75, 3.05) is 19.6 Å². The highest BCUT2D eigenvalue weighted by atomic mass is 32.1. The largest absolute Gasteiger partial charge is 0.338 e. The summed E-state index contributed by atoms with van der Waals surface area (Å²) in [6, 6.07) is 0.0748. The van der Waals surface area contributed by atoms with Gasteiger partial charge < -0.3 is 10.2 Å². The van der Waals surface area contributed by atoms with Crippen LogP contribution in [-0.4, -0.2) is 35.5 Å². The van der Waals surface area contributed by atoms with E-state index in [1.807, 2.05) is 17.2 Å². The highest BCUT2D eigenvalue weighted by Gasteiger charge is 2.16. The number of carbonyl (C=O) groups is 1. The Bertz CT molecular complexity index is 358. The van der Waals surface area contributed by atoms with Gasteiger partial charge in [-0.05, 0) is 19.8 Å². The number of thiazole rings is 1. The molecule has 0 atom stereocenters. The SMILES string of the molecule is Cc1csc(CCNC(=O)N2CCCC2)n1. The van der Waals surface area contributed by atoms with Gasteiger partial charge >= 0.3 is 6.03 Å². The lowest BCUT2D eigenvalue weighted by molar-refractivity contribution is 0.209. The molecule has 1 aromatic heterocycles. The number of hydrogen-bond acceptors (Lipinski definition) is 3. The monoisotopic (exact) mass is 239 g/mol. The summed E-state index contributed by atoms with van der Waals surface area (Å²) in [5, 5.41) is 6.07. The van der Waals surface area contributed by atoms with Gasteiger partial charge in [0.1, 0.15) is 0 Å². The number of likely N-dealkylation sites (tertiary alicyclic amines) is 1. The second-order valence-corrected chi connectivity index (χ2v) is 5.00. The molecule has 0 aliphatic carbocycles. The van der Waals surface area contributed by atoms with Crippen molar-refractivity contribution in [3.63, 3.8) is 0 Å². The molecule has 4 nitrogen and oxygen atoms in total. The number of aryl methyl sites for hydroxylation is 1. The molecule has 1 N–H and O–H groups in total. The third-order valence-corrected chi connectivity index (χ3v) is 3.70. The Morgan fingerprint density at radius 2 is 2.31 bits per heavy atom. The van der Waals surface area contributed by atoms with Crippen molar-refractivity contribution in [1.82, 2.24) is 15.2 Å². The van der Waals surface area contributed by atoms with Crippen LogP contribution in [0.2, 0.25) is 0 Å². The topological polar surface area (TPSA) is 45.2 Å². The molecule has 1 fully saturated rings. The zero-order chi connectivity index (χ0) is 11.4. The predicted molar refractivity (Wildman–Crippen MR) is 64.8 cm³/mol. The molecule has 2 rings (SSSR count). The number of rotatable bonds is 3. The molecule has 0 unspecified atom stereocenters. The number of nitrogens with one attached hydrogen (secondary N) is 1. The van der Waals surface area contributed by atoms with E-state index in [1.54, 1.807) is 11.3 Å². The van der Waals surface area contributed by atoms with E-state index in [0.29, 0.717) is 6.54 Å². The van der Waals surface area contributed by atoms with Crippen molar-refractivity contribution in [2.45, 2.75) is 26.2 Å². The van der Waals surface area contributed by atoms with Gasteiger partial charge in [-0.1, -0.05) is 0 Å². The summed E-state index contributed by atoms with van der Waals surface area (Å²) in [4.78, 5) is 17.9. The molecule has 0 spiro atoms. The molecule has 0 saturated carbocycles. The zero-order valence-electron chi connectivity index (χ0n) is 9.53. The fraction of sp³-hybridized carbons (Fsp3) is 0.636. The summed E-state index contributed by atoms with van der Waals surface area (Å²) >= 11 is 1.66. The molecule has 1 aromatic rings. The number of amides is 2. The molecule has 1 aliphatic rings. The lowest BCUT2D eigenvalue weighted by Gasteiger charge is -2.15. The Morgan fingerprint density at radius 1 is 1.56 bits per heavy atom. The number of hydrogen-bond donors (Lipinski definition) is 1. The summed E-state index contributed by atoms with van der Waals surface area (Å²) in [5.74, 6) is 0. The van der Waals surface area contributed by atoms with Crippen molar-refractivity contribution in [2.24, 2.45) is 0 Å². The van der Waals surface area contributed by atoms with Crippen molar-refractivity contribution >= 4 is 17.4 Å². The minimum absolute atomic E-state index is 0.0748. The van der Waals surface area contributed by atoms with Crippen LogP contribution in [0.25, 0.3) is 0 Å². The first-order valence-electron chi connectivity index (χ1n) is 5.69. The normalized spacial score (nSPS) is 15.4. The maximum Gasteiger partial charge on any atom is 0.317 e. The smallest absolute Gasteiger partial charge is 0.317 e. The van der Waals surface area contributed by atoms with Gasteiger partial charge in [-0.2, -0.15) is 0 Å². The highest BCUT2D eigenvalue weighted by Crippen LogP contribution is 2.09. The second-order valence-electron chi connectivity index (χ2n) is 4.06. The number of nitrogens with zero attached hydrogens (tertiary/aromatic N) is 2. The fourth-order valence-corrected chi connectivity index (χ4v) is 2.60. The lowest BCUT2D eigenvalue weighted by Crippen LogP contribution is -2.38. The van der Waals surface area contributed by atoms with Crippen LogP contribution in [0, 0.1) is 6.92 Å². The summed E-state index contributed by atoms with van der Waals surface area (Å²) in [5.41, 5.74) is 1.06. The first-order chi connectivity index (χ1) is 7.75. The van der Waals surface area contributed by atoms with Crippen LogP contribution in [0.15, 0.2) is 5.38 Å². The van der Waals surface area contributed by atoms with Crippen molar-refractivity contribution in [3.8, 4) is 0 Å². The zero-order valence-corrected chi connectivity index (χ0v) is 10.3. The van der Waals surface area contributed by atoms with Gasteiger partial charge in [0, 0.05) is 37.1 Å². The molecule has 88 valence electrons. The quantitative estimate of drug-likeness (QED) is 0.874. The third-order valence-electron chi connectivity index (χ3n) is 2.67. The number of urea groups is 1. The van der Waals surface area contributed by atoms with Gasteiger partial charge in [0.25, 0.3) is 0 Å². The van der Waals surface area contributed by atoms with Gasteiger partial charge in [0.05, 0.1) is 5.01 Å². The van der Waals surface area contributed by atoms with Gasteiger partial charge in [0.2, 0.25) is 0 Å². The van der Waals surface area contributed by atoms with Crippen LogP contribution in [0.4, 0.5) is 4.79 Å². The average molecular weight is 239 g/mol. The second kappa shape index (κ2) is 5.30. The average Bonchev–Trinajstić information content (AvgIpc) is 2.89. The molecule has 2 amide bonds. The lowest BCUT2D eigenvalue weighted by atomic mass is 10.4. The van der Waals surface area contributed by atoms with Crippen LogP contribution in [0.3, 0.4) is 0 Å². The molecule has 0 radical (unpaired) electrons. The highest BCUT2D eigenvalue weighted by molar-refractivity contribution is 7.09. The molecule has 0 aromatic carbocycles. The van der Waals surface area contributed by atoms with Crippen LogP contribution in [0.5, 0.6) is 0 Å². The van der Waals surface area contributed by atoms with Crippen molar-refractivity contribution < 1.29 is 4.79 Å². The third kappa shape index (κ3) is 2.95. The molecular weight excluding hydrogens is 222 g/mol. The molecule has 2 heterocycles. The summed E-state index contributed by atoms with van der Waals surface area (Å²) in [7, 11) is 0. The van der Waals surface area contributed by atoms with Gasteiger partial charge in [-0.15, -0.1) is 11.3 Å². The van der Waals surface area contributed by atoms with Gasteiger partial charge in [-0.3, -0.25) is 0 Å². The standard InChI is InChI=1S/C11H17N3OS/c1-9-8-16-10(13-9)4-5-12-11(15)14-6-2-3-7-14/h8H,2-7H2,1H3,(H,12,15). The van der Waals surface area contributed by atoms with E-state index in [4.69, 9.17) is 0 Å². The Balaban J connectivity index is 1.69. The minimum Gasteiger partial charge on any atom is -0.338 e. The molecule has 16 heavy (non-hydrogen) atoms. The molecule has 5 heteroatoms. The molecule has 1 saturated heterocycles. The first-order valence-corrected chi connectivity index (χ1v) is 6.57. The van der Waals surface area contributed by atoms with Gasteiger partial charge in [0.15, 0.2) is 0 Å². The molecule has 1 aliphatic heterocycles. The maximum absolute atomic E-state index is 11.6. The van der Waals surface area contributed by atoms with Crippen LogP contribution < -0.4 is 5.32 Å². The van der Waals surface area contributed by atoms with Gasteiger partial charge in [-0.25, -0.2) is 9.78 Å². The number of aromatic nitrogens is 1. The summed E-state index contributed by atoms with van der Waals surface area (Å²) in [6.07, 6.45) is 3.11. The fourth-order valence-electron chi connectivity index (χ4n) is 1.83. The van der Waals surface area contributed by atoms with E-state index in [1.165, 1.54) is 0 Å².